The monoisotopic (exact) mass is 424 g/mol. The van der Waals surface area contributed by atoms with E-state index in [9.17, 15) is 9.59 Å². The maximum atomic E-state index is 12.4. The van der Waals surface area contributed by atoms with Crippen LogP contribution in [-0.4, -0.2) is 17.1 Å². The van der Waals surface area contributed by atoms with Crippen molar-refractivity contribution < 1.29 is 9.59 Å². The summed E-state index contributed by atoms with van der Waals surface area (Å²) in [4.78, 5) is 25.1. The summed E-state index contributed by atoms with van der Waals surface area (Å²) >= 11 is 3.68. The molecule has 2 N–H and O–H groups in total. The van der Waals surface area contributed by atoms with Gasteiger partial charge in [0.2, 0.25) is 5.91 Å². The average molecular weight is 424 g/mol. The molecule has 1 aliphatic rings. The first kappa shape index (κ1) is 15.4. The number of hydrogen-bond donors (Lipinski definition) is 2. The number of carbonyl (C=O) groups is 2. The van der Waals surface area contributed by atoms with Crippen LogP contribution in [-0.2, 0) is 4.79 Å². The fraction of sp³-hybridized carbons (Fsp3) is 0.125. The van der Waals surface area contributed by atoms with E-state index < -0.39 is 0 Å². The lowest BCUT2D eigenvalue weighted by molar-refractivity contribution is -0.115. The number of rotatable bonds is 2. The van der Waals surface area contributed by atoms with E-state index in [1.807, 2.05) is 37.3 Å². The summed E-state index contributed by atoms with van der Waals surface area (Å²) in [7, 11) is 0. The van der Waals surface area contributed by atoms with E-state index in [4.69, 9.17) is 0 Å². The van der Waals surface area contributed by atoms with Gasteiger partial charge in [-0.1, -0.05) is 12.1 Å². The van der Waals surface area contributed by atoms with Crippen molar-refractivity contribution in [3.8, 4) is 0 Å². The molecule has 0 aliphatic carbocycles. The first-order valence-corrected chi connectivity index (χ1v) is 8.68. The Hall–Kier alpha value is -1.54. The van der Waals surface area contributed by atoms with Crippen LogP contribution in [0, 0.1) is 3.57 Å². The SMILES string of the molecule is CC1Sc2ccc(C(=O)Nc3ccccc3I)cc2NC1=O. The number of halogens is 1. The van der Waals surface area contributed by atoms with Gasteiger partial charge in [-0.3, -0.25) is 9.59 Å². The van der Waals surface area contributed by atoms with E-state index in [2.05, 4.69) is 33.2 Å². The molecule has 4 nitrogen and oxygen atoms in total. The lowest BCUT2D eigenvalue weighted by atomic mass is 10.1. The Balaban J connectivity index is 1.84. The van der Waals surface area contributed by atoms with Gasteiger partial charge in [0.05, 0.1) is 16.6 Å². The molecule has 0 saturated heterocycles. The van der Waals surface area contributed by atoms with E-state index >= 15 is 0 Å². The predicted molar refractivity (Wildman–Crippen MR) is 97.5 cm³/mol. The quantitative estimate of drug-likeness (QED) is 0.718. The third-order valence-electron chi connectivity index (χ3n) is 3.29. The molecule has 1 heterocycles. The number of amides is 2. The van der Waals surface area contributed by atoms with Crippen molar-refractivity contribution in [2.45, 2.75) is 17.1 Å². The number of para-hydroxylation sites is 1. The van der Waals surface area contributed by atoms with Crippen LogP contribution in [0.3, 0.4) is 0 Å². The van der Waals surface area contributed by atoms with Crippen LogP contribution >= 0.6 is 34.4 Å². The summed E-state index contributed by atoms with van der Waals surface area (Å²) in [5.41, 5.74) is 2.00. The molecular weight excluding hydrogens is 411 g/mol. The van der Waals surface area contributed by atoms with Crippen LogP contribution < -0.4 is 10.6 Å². The van der Waals surface area contributed by atoms with Crippen molar-refractivity contribution in [1.82, 2.24) is 0 Å². The molecule has 3 rings (SSSR count). The van der Waals surface area contributed by atoms with E-state index in [1.54, 1.807) is 12.1 Å². The average Bonchev–Trinajstić information content (AvgIpc) is 2.50. The highest BCUT2D eigenvalue weighted by Gasteiger charge is 2.23. The first-order valence-electron chi connectivity index (χ1n) is 6.72. The minimum Gasteiger partial charge on any atom is -0.324 e. The molecular formula is C16H13IN2O2S. The molecule has 112 valence electrons. The van der Waals surface area contributed by atoms with Crippen molar-refractivity contribution in [1.29, 1.82) is 0 Å². The van der Waals surface area contributed by atoms with Gasteiger partial charge in [0.25, 0.3) is 5.91 Å². The molecule has 0 saturated carbocycles. The first-order chi connectivity index (χ1) is 10.5. The minimum atomic E-state index is -0.190. The van der Waals surface area contributed by atoms with Gasteiger partial charge in [0.15, 0.2) is 0 Å². The summed E-state index contributed by atoms with van der Waals surface area (Å²) in [5, 5.41) is 5.61. The summed E-state index contributed by atoms with van der Waals surface area (Å²) < 4.78 is 0.976. The summed E-state index contributed by atoms with van der Waals surface area (Å²) in [5.74, 6) is -0.225. The highest BCUT2D eigenvalue weighted by molar-refractivity contribution is 14.1. The minimum absolute atomic E-state index is 0.0346. The Morgan fingerprint density at radius 2 is 2.05 bits per heavy atom. The van der Waals surface area contributed by atoms with E-state index in [0.717, 1.165) is 14.2 Å². The smallest absolute Gasteiger partial charge is 0.255 e. The van der Waals surface area contributed by atoms with Gasteiger partial charge in [0.1, 0.15) is 0 Å². The highest BCUT2D eigenvalue weighted by atomic mass is 127. The highest BCUT2D eigenvalue weighted by Crippen LogP contribution is 2.36. The third-order valence-corrected chi connectivity index (χ3v) is 5.41. The number of carbonyl (C=O) groups excluding carboxylic acids is 2. The predicted octanol–water partition coefficient (Wildman–Crippen LogP) is 3.98. The normalized spacial score (nSPS) is 16.6. The molecule has 1 unspecified atom stereocenters. The number of thioether (sulfide) groups is 1. The van der Waals surface area contributed by atoms with Crippen LogP contribution in [0.2, 0.25) is 0 Å². The number of anilines is 2. The topological polar surface area (TPSA) is 58.2 Å². The van der Waals surface area contributed by atoms with Gasteiger partial charge in [0, 0.05) is 14.0 Å². The van der Waals surface area contributed by atoms with Crippen LogP contribution in [0.5, 0.6) is 0 Å². The Bertz CT molecular complexity index is 764. The largest absolute Gasteiger partial charge is 0.324 e. The zero-order valence-electron chi connectivity index (χ0n) is 11.7. The molecule has 1 aliphatic heterocycles. The second-order valence-corrected chi connectivity index (χ2v) is 7.44. The summed E-state index contributed by atoms with van der Waals surface area (Å²) in [6.07, 6.45) is 0. The van der Waals surface area contributed by atoms with Crippen LogP contribution in [0.15, 0.2) is 47.4 Å². The standard InChI is InChI=1S/C16H13IN2O2S/c1-9-15(20)19-13-8-10(6-7-14(13)22-9)16(21)18-12-5-3-2-4-11(12)17/h2-9H,1H3,(H,18,21)(H,19,20). The van der Waals surface area contributed by atoms with Crippen molar-refractivity contribution in [3.05, 3.63) is 51.6 Å². The van der Waals surface area contributed by atoms with Crippen molar-refractivity contribution in [2.24, 2.45) is 0 Å². The van der Waals surface area contributed by atoms with Crippen molar-refractivity contribution >= 4 is 57.5 Å². The number of nitrogens with one attached hydrogen (secondary N) is 2. The lowest BCUT2D eigenvalue weighted by Crippen LogP contribution is -2.26. The molecule has 0 radical (unpaired) electrons. The maximum absolute atomic E-state index is 12.4. The number of hydrogen-bond acceptors (Lipinski definition) is 3. The van der Waals surface area contributed by atoms with Gasteiger partial charge in [-0.2, -0.15) is 0 Å². The Morgan fingerprint density at radius 3 is 2.82 bits per heavy atom. The Labute approximate surface area is 146 Å². The van der Waals surface area contributed by atoms with E-state index in [-0.39, 0.29) is 17.1 Å². The molecule has 2 aromatic rings. The molecule has 0 aromatic heterocycles. The molecule has 0 fully saturated rings. The van der Waals surface area contributed by atoms with Crippen LogP contribution in [0.1, 0.15) is 17.3 Å². The van der Waals surface area contributed by atoms with E-state index in [1.165, 1.54) is 11.8 Å². The summed E-state index contributed by atoms with van der Waals surface area (Å²) in [6.45, 7) is 1.86. The Morgan fingerprint density at radius 1 is 1.27 bits per heavy atom. The molecule has 0 bridgehead atoms. The van der Waals surface area contributed by atoms with Gasteiger partial charge >= 0.3 is 0 Å². The zero-order valence-corrected chi connectivity index (χ0v) is 14.7. The van der Waals surface area contributed by atoms with Crippen molar-refractivity contribution in [2.75, 3.05) is 10.6 Å². The van der Waals surface area contributed by atoms with Crippen molar-refractivity contribution in [3.63, 3.8) is 0 Å². The summed E-state index contributed by atoms with van der Waals surface area (Å²) in [6, 6.07) is 13.0. The number of benzene rings is 2. The second kappa shape index (κ2) is 6.29. The zero-order chi connectivity index (χ0) is 15.7. The fourth-order valence-corrected chi connectivity index (χ4v) is 3.56. The molecule has 2 amide bonds. The molecule has 6 heteroatoms. The number of fused-ring (bicyclic) bond motifs is 1. The fourth-order valence-electron chi connectivity index (χ4n) is 2.11. The van der Waals surface area contributed by atoms with Gasteiger partial charge in [-0.05, 0) is 59.8 Å². The molecule has 1 atom stereocenters. The van der Waals surface area contributed by atoms with Crippen LogP contribution in [0.25, 0.3) is 0 Å². The molecule has 0 spiro atoms. The van der Waals surface area contributed by atoms with Gasteiger partial charge < -0.3 is 10.6 Å². The maximum Gasteiger partial charge on any atom is 0.255 e. The molecule has 2 aromatic carbocycles. The van der Waals surface area contributed by atoms with Crippen LogP contribution in [0.4, 0.5) is 11.4 Å². The van der Waals surface area contributed by atoms with Gasteiger partial charge in [-0.25, -0.2) is 0 Å². The lowest BCUT2D eigenvalue weighted by Gasteiger charge is -2.21. The Kier molecular flexibility index (Phi) is 4.39. The van der Waals surface area contributed by atoms with E-state index in [0.29, 0.717) is 11.3 Å². The third kappa shape index (κ3) is 3.12. The molecule has 22 heavy (non-hydrogen) atoms. The second-order valence-electron chi connectivity index (χ2n) is 4.89. The van der Waals surface area contributed by atoms with Gasteiger partial charge in [-0.15, -0.1) is 11.8 Å².